The molecule has 1 aliphatic heterocycles. The summed E-state index contributed by atoms with van der Waals surface area (Å²) >= 11 is 0. The summed E-state index contributed by atoms with van der Waals surface area (Å²) in [5.74, 6) is -1.36. The number of carbonyl (C=O) groups is 1. The fraction of sp³-hybridized carbons (Fsp3) is 0.286. The molecule has 5 nitrogen and oxygen atoms in total. The zero-order chi connectivity index (χ0) is 15.0. The summed E-state index contributed by atoms with van der Waals surface area (Å²) in [4.78, 5) is 13.0. The van der Waals surface area contributed by atoms with Gasteiger partial charge in [-0.1, -0.05) is 0 Å². The number of halogens is 2. The average molecular weight is 292 g/mol. The van der Waals surface area contributed by atoms with E-state index in [2.05, 4.69) is 5.10 Å². The Hall–Kier alpha value is -2.28. The lowest BCUT2D eigenvalue weighted by molar-refractivity contribution is 0.0893. The van der Waals surface area contributed by atoms with Crippen molar-refractivity contribution in [1.29, 1.82) is 0 Å². The summed E-state index contributed by atoms with van der Waals surface area (Å²) in [6.45, 7) is 1.68. The standard InChI is InChI=1S/C14H14F2N4O/c15-11-1-2-13(16)9(3-11)5-19-7-12(8-19)20-6-10(4-18-20)14(17)21/h1-4,6,12H,5,7-8H2,(H2,17,21). The van der Waals surface area contributed by atoms with Crippen LogP contribution in [0.15, 0.2) is 30.6 Å². The van der Waals surface area contributed by atoms with Gasteiger partial charge in [0.25, 0.3) is 5.91 Å². The zero-order valence-electron chi connectivity index (χ0n) is 11.2. The lowest BCUT2D eigenvalue weighted by Gasteiger charge is -2.39. The number of hydrogen-bond acceptors (Lipinski definition) is 3. The van der Waals surface area contributed by atoms with Crippen molar-refractivity contribution in [3.63, 3.8) is 0 Å². The Morgan fingerprint density at radius 2 is 2.14 bits per heavy atom. The van der Waals surface area contributed by atoms with Crippen molar-refractivity contribution in [2.75, 3.05) is 13.1 Å². The fourth-order valence-corrected chi connectivity index (χ4v) is 2.41. The second-order valence-corrected chi connectivity index (χ2v) is 5.16. The van der Waals surface area contributed by atoms with Gasteiger partial charge in [0, 0.05) is 31.4 Å². The number of likely N-dealkylation sites (tertiary alicyclic amines) is 1. The van der Waals surface area contributed by atoms with Crippen LogP contribution in [0.2, 0.25) is 0 Å². The van der Waals surface area contributed by atoms with Crippen molar-refractivity contribution < 1.29 is 13.6 Å². The summed E-state index contributed by atoms with van der Waals surface area (Å²) in [7, 11) is 0. The zero-order valence-corrected chi connectivity index (χ0v) is 11.2. The minimum Gasteiger partial charge on any atom is -0.366 e. The highest BCUT2D eigenvalue weighted by molar-refractivity contribution is 5.92. The molecule has 0 spiro atoms. The average Bonchev–Trinajstić information content (AvgIpc) is 2.86. The third-order valence-electron chi connectivity index (χ3n) is 3.60. The first kappa shape index (κ1) is 13.7. The van der Waals surface area contributed by atoms with Gasteiger partial charge in [-0.25, -0.2) is 8.78 Å². The van der Waals surface area contributed by atoms with Crippen LogP contribution in [0.1, 0.15) is 22.0 Å². The normalized spacial score (nSPS) is 15.9. The van der Waals surface area contributed by atoms with Crippen LogP contribution in [0.5, 0.6) is 0 Å². The van der Waals surface area contributed by atoms with Crippen molar-refractivity contribution in [3.05, 3.63) is 53.4 Å². The second kappa shape index (κ2) is 5.25. The van der Waals surface area contributed by atoms with Crippen LogP contribution in [0.25, 0.3) is 0 Å². The lowest BCUT2D eigenvalue weighted by atomic mass is 10.1. The van der Waals surface area contributed by atoms with Crippen LogP contribution in [0.3, 0.4) is 0 Å². The van der Waals surface area contributed by atoms with E-state index in [0.29, 0.717) is 30.8 Å². The number of hydrogen-bond donors (Lipinski definition) is 1. The van der Waals surface area contributed by atoms with Gasteiger partial charge in [0.1, 0.15) is 11.6 Å². The molecule has 0 saturated carbocycles. The summed E-state index contributed by atoms with van der Waals surface area (Å²) in [6, 6.07) is 3.57. The van der Waals surface area contributed by atoms with Gasteiger partial charge in [0.2, 0.25) is 0 Å². The molecule has 1 aromatic heterocycles. The first-order valence-electron chi connectivity index (χ1n) is 6.53. The minimum absolute atomic E-state index is 0.120. The molecule has 1 aliphatic rings. The molecule has 3 rings (SSSR count). The van der Waals surface area contributed by atoms with Gasteiger partial charge in [0.05, 0.1) is 17.8 Å². The number of amides is 1. The fourth-order valence-electron chi connectivity index (χ4n) is 2.41. The van der Waals surface area contributed by atoms with Crippen molar-refractivity contribution in [2.45, 2.75) is 12.6 Å². The Balaban J connectivity index is 1.60. The molecule has 1 aromatic carbocycles. The first-order chi connectivity index (χ1) is 10.0. The lowest BCUT2D eigenvalue weighted by Crippen LogP contribution is -2.47. The summed E-state index contributed by atoms with van der Waals surface area (Å²) in [5, 5.41) is 4.09. The molecule has 0 bridgehead atoms. The van der Waals surface area contributed by atoms with Crippen LogP contribution in [0.4, 0.5) is 8.78 Å². The van der Waals surface area contributed by atoms with Gasteiger partial charge in [-0.2, -0.15) is 5.10 Å². The van der Waals surface area contributed by atoms with Gasteiger partial charge >= 0.3 is 0 Å². The molecule has 0 unspecified atom stereocenters. The number of nitrogens with zero attached hydrogens (tertiary/aromatic N) is 3. The van der Waals surface area contributed by atoms with Crippen LogP contribution in [0, 0.1) is 11.6 Å². The Morgan fingerprint density at radius 3 is 2.81 bits per heavy atom. The van der Waals surface area contributed by atoms with Gasteiger partial charge < -0.3 is 5.73 Å². The molecule has 2 N–H and O–H groups in total. The maximum Gasteiger partial charge on any atom is 0.251 e. The summed E-state index contributed by atoms with van der Waals surface area (Å²) in [5.41, 5.74) is 5.87. The van der Waals surface area contributed by atoms with E-state index in [-0.39, 0.29) is 6.04 Å². The van der Waals surface area contributed by atoms with E-state index >= 15 is 0 Å². The molecular weight excluding hydrogens is 278 g/mol. The molecule has 0 radical (unpaired) electrons. The second-order valence-electron chi connectivity index (χ2n) is 5.16. The van der Waals surface area contributed by atoms with Crippen LogP contribution >= 0.6 is 0 Å². The van der Waals surface area contributed by atoms with E-state index < -0.39 is 17.5 Å². The van der Waals surface area contributed by atoms with E-state index in [4.69, 9.17) is 5.73 Å². The largest absolute Gasteiger partial charge is 0.366 e. The highest BCUT2D eigenvalue weighted by Crippen LogP contribution is 2.24. The third-order valence-corrected chi connectivity index (χ3v) is 3.60. The van der Waals surface area contributed by atoms with Crippen molar-refractivity contribution in [1.82, 2.24) is 14.7 Å². The van der Waals surface area contributed by atoms with Crippen molar-refractivity contribution >= 4 is 5.91 Å². The predicted octanol–water partition coefficient (Wildman–Crippen LogP) is 1.32. The van der Waals surface area contributed by atoms with Crippen LogP contribution < -0.4 is 5.73 Å². The smallest absolute Gasteiger partial charge is 0.251 e. The number of nitrogens with two attached hydrogens (primary N) is 1. The van der Waals surface area contributed by atoms with E-state index in [0.717, 1.165) is 12.1 Å². The number of rotatable bonds is 4. The van der Waals surface area contributed by atoms with Gasteiger partial charge in [-0.3, -0.25) is 14.4 Å². The van der Waals surface area contributed by atoms with Gasteiger partial charge in [-0.15, -0.1) is 0 Å². The topological polar surface area (TPSA) is 64.2 Å². The van der Waals surface area contributed by atoms with E-state index in [1.54, 1.807) is 10.9 Å². The highest BCUT2D eigenvalue weighted by Gasteiger charge is 2.29. The Labute approximate surface area is 120 Å². The third kappa shape index (κ3) is 2.78. The van der Waals surface area contributed by atoms with E-state index in [1.807, 2.05) is 4.90 Å². The maximum absolute atomic E-state index is 13.5. The maximum atomic E-state index is 13.5. The number of primary amides is 1. The molecule has 2 heterocycles. The summed E-state index contributed by atoms with van der Waals surface area (Å²) in [6.07, 6.45) is 3.03. The van der Waals surface area contributed by atoms with E-state index in [9.17, 15) is 13.6 Å². The SMILES string of the molecule is NC(=O)c1cnn(C2CN(Cc3cc(F)ccc3F)C2)c1. The first-order valence-corrected chi connectivity index (χ1v) is 6.53. The minimum atomic E-state index is -0.515. The Bertz CT molecular complexity index is 679. The number of carbonyl (C=O) groups excluding carboxylic acids is 1. The Morgan fingerprint density at radius 1 is 1.38 bits per heavy atom. The number of aromatic nitrogens is 2. The molecule has 7 heteroatoms. The molecule has 110 valence electrons. The van der Waals surface area contributed by atoms with Crippen LogP contribution in [-0.2, 0) is 6.54 Å². The molecule has 21 heavy (non-hydrogen) atoms. The quantitative estimate of drug-likeness (QED) is 0.924. The van der Waals surface area contributed by atoms with Gasteiger partial charge in [-0.05, 0) is 18.2 Å². The van der Waals surface area contributed by atoms with Crippen molar-refractivity contribution in [2.24, 2.45) is 5.73 Å². The predicted molar refractivity (Wildman–Crippen MR) is 71.4 cm³/mol. The molecule has 1 amide bonds. The molecule has 2 aromatic rings. The molecule has 1 saturated heterocycles. The molecule has 0 aliphatic carbocycles. The summed E-state index contributed by atoms with van der Waals surface area (Å²) < 4.78 is 28.3. The monoisotopic (exact) mass is 292 g/mol. The molecule has 0 atom stereocenters. The van der Waals surface area contributed by atoms with E-state index in [1.165, 1.54) is 12.3 Å². The van der Waals surface area contributed by atoms with Gasteiger partial charge in [0.15, 0.2) is 0 Å². The molecular formula is C14H14F2N4O. The van der Waals surface area contributed by atoms with Crippen molar-refractivity contribution in [3.8, 4) is 0 Å². The highest BCUT2D eigenvalue weighted by atomic mass is 19.1. The van der Waals surface area contributed by atoms with Crippen LogP contribution in [-0.4, -0.2) is 33.7 Å². The number of benzene rings is 1. The Kier molecular flexibility index (Phi) is 3.42. The molecule has 1 fully saturated rings.